The number of hydrogen-bond donors (Lipinski definition) is 2. The quantitative estimate of drug-likeness (QED) is 0.571. The van der Waals surface area contributed by atoms with Gasteiger partial charge >= 0.3 is 0 Å². The Kier molecular flexibility index (Phi) is 6.55. The second-order valence-corrected chi connectivity index (χ2v) is 4.97. The van der Waals surface area contributed by atoms with Crippen molar-refractivity contribution in [2.75, 3.05) is 20.3 Å². The van der Waals surface area contributed by atoms with Gasteiger partial charge in [0.05, 0.1) is 5.56 Å². The highest BCUT2D eigenvalue weighted by Gasteiger charge is 2.05. The van der Waals surface area contributed by atoms with Gasteiger partial charge in [-0.3, -0.25) is 0 Å². The fourth-order valence-electron chi connectivity index (χ4n) is 2.19. The van der Waals surface area contributed by atoms with Crippen molar-refractivity contribution in [2.45, 2.75) is 0 Å². The second kappa shape index (κ2) is 9.08. The van der Waals surface area contributed by atoms with Gasteiger partial charge in [0.15, 0.2) is 0 Å². The molecule has 0 radical (unpaired) electrons. The van der Waals surface area contributed by atoms with Gasteiger partial charge < -0.3 is 20.2 Å². The predicted molar refractivity (Wildman–Crippen MR) is 94.4 cm³/mol. The smallest absolute Gasteiger partial charge is 0.137 e. The molecule has 0 fully saturated rings. The van der Waals surface area contributed by atoms with Gasteiger partial charge in [-0.2, -0.15) is 5.26 Å². The molecule has 0 saturated heterocycles. The van der Waals surface area contributed by atoms with Crippen LogP contribution in [0.3, 0.4) is 0 Å². The van der Waals surface area contributed by atoms with Crippen LogP contribution >= 0.6 is 0 Å². The van der Waals surface area contributed by atoms with Crippen molar-refractivity contribution in [3.8, 4) is 17.6 Å². The Morgan fingerprint density at radius 3 is 2.76 bits per heavy atom. The van der Waals surface area contributed by atoms with Crippen LogP contribution in [0, 0.1) is 22.6 Å². The summed E-state index contributed by atoms with van der Waals surface area (Å²) in [6, 6.07) is 13.1. The number of rotatable bonds is 8. The van der Waals surface area contributed by atoms with E-state index in [1.807, 2.05) is 30.3 Å². The molecule has 0 spiro atoms. The summed E-state index contributed by atoms with van der Waals surface area (Å²) in [5, 5.41) is 19.2. The molecule has 0 aliphatic carbocycles. The molecule has 6 heteroatoms. The number of benzene rings is 2. The topological polar surface area (TPSA) is 78.1 Å². The zero-order valence-electron chi connectivity index (χ0n) is 13.8. The van der Waals surface area contributed by atoms with E-state index in [9.17, 15) is 4.39 Å². The van der Waals surface area contributed by atoms with Crippen LogP contribution in [0.5, 0.6) is 11.5 Å². The highest BCUT2D eigenvalue weighted by Crippen LogP contribution is 2.20. The summed E-state index contributed by atoms with van der Waals surface area (Å²) >= 11 is 0. The molecular formula is C19H18FN3O2. The molecule has 2 aromatic carbocycles. The summed E-state index contributed by atoms with van der Waals surface area (Å²) in [6.45, 7) is 0.495. The summed E-state index contributed by atoms with van der Waals surface area (Å²) < 4.78 is 24.2. The molecule has 25 heavy (non-hydrogen) atoms. The fraction of sp³-hybridized carbons (Fsp3) is 0.158. The van der Waals surface area contributed by atoms with Gasteiger partial charge in [-0.25, -0.2) is 4.39 Å². The number of hydrogen-bond acceptors (Lipinski definition) is 5. The number of ether oxygens (including phenoxy) is 2. The molecule has 0 atom stereocenters. The Morgan fingerprint density at radius 1 is 1.24 bits per heavy atom. The first-order chi connectivity index (χ1) is 12.2. The van der Waals surface area contributed by atoms with Crippen LogP contribution in [-0.2, 0) is 0 Å². The fourth-order valence-corrected chi connectivity index (χ4v) is 2.19. The molecule has 0 amide bonds. The molecule has 2 rings (SSSR count). The zero-order chi connectivity index (χ0) is 18.1. The van der Waals surface area contributed by atoms with Gasteiger partial charge in [-0.15, -0.1) is 0 Å². The van der Waals surface area contributed by atoms with Crippen molar-refractivity contribution in [1.29, 1.82) is 10.7 Å². The van der Waals surface area contributed by atoms with E-state index in [2.05, 4.69) is 5.32 Å². The standard InChI is InChI=1S/C19H18FN3O2/c1-23-18(7-8-21)14-3-2-4-17(12-14)24-9-10-25-19-6-5-16(20)11-15(19)13-22/h2-8,11-12,21,23H,9-10H2,1H3/b18-7-,21-8?. The third-order valence-corrected chi connectivity index (χ3v) is 3.34. The van der Waals surface area contributed by atoms with Crippen LogP contribution < -0.4 is 14.8 Å². The third kappa shape index (κ3) is 5.08. The summed E-state index contributed by atoms with van der Waals surface area (Å²) in [5.74, 6) is 0.509. The zero-order valence-corrected chi connectivity index (χ0v) is 13.8. The average molecular weight is 339 g/mol. The molecule has 0 aliphatic rings. The van der Waals surface area contributed by atoms with E-state index in [0.29, 0.717) is 11.5 Å². The van der Waals surface area contributed by atoms with E-state index in [1.54, 1.807) is 13.1 Å². The van der Waals surface area contributed by atoms with Crippen LogP contribution in [0.25, 0.3) is 5.70 Å². The molecule has 0 aromatic heterocycles. The summed E-state index contributed by atoms with van der Waals surface area (Å²) in [5.41, 5.74) is 1.86. The first-order valence-electron chi connectivity index (χ1n) is 7.62. The lowest BCUT2D eigenvalue weighted by Gasteiger charge is -2.11. The minimum absolute atomic E-state index is 0.150. The maximum absolute atomic E-state index is 13.1. The lowest BCUT2D eigenvalue weighted by atomic mass is 10.1. The van der Waals surface area contributed by atoms with Gasteiger partial charge in [0.1, 0.15) is 36.6 Å². The van der Waals surface area contributed by atoms with Crippen molar-refractivity contribution >= 4 is 11.9 Å². The van der Waals surface area contributed by atoms with Gasteiger partial charge in [-0.05, 0) is 36.4 Å². The third-order valence-electron chi connectivity index (χ3n) is 3.34. The number of halogens is 1. The van der Waals surface area contributed by atoms with Gasteiger partial charge in [0.2, 0.25) is 0 Å². The highest BCUT2D eigenvalue weighted by atomic mass is 19.1. The Bertz CT molecular complexity index is 813. The molecule has 0 unspecified atom stereocenters. The molecule has 2 N–H and O–H groups in total. The molecule has 0 bridgehead atoms. The second-order valence-electron chi connectivity index (χ2n) is 4.97. The molecule has 0 heterocycles. The number of nitriles is 1. The number of nitrogens with zero attached hydrogens (tertiary/aromatic N) is 1. The maximum atomic E-state index is 13.1. The lowest BCUT2D eigenvalue weighted by Crippen LogP contribution is -2.10. The highest BCUT2D eigenvalue weighted by molar-refractivity contribution is 5.82. The van der Waals surface area contributed by atoms with Gasteiger partial charge in [0, 0.05) is 24.5 Å². The molecule has 5 nitrogen and oxygen atoms in total. The summed E-state index contributed by atoms with van der Waals surface area (Å²) in [7, 11) is 1.78. The minimum atomic E-state index is -0.477. The van der Waals surface area contributed by atoms with Crippen LogP contribution in [0.2, 0.25) is 0 Å². The van der Waals surface area contributed by atoms with E-state index in [4.69, 9.17) is 20.1 Å². The van der Waals surface area contributed by atoms with Crippen molar-refractivity contribution in [1.82, 2.24) is 5.32 Å². The van der Waals surface area contributed by atoms with Crippen LogP contribution in [-0.4, -0.2) is 26.5 Å². The molecule has 0 saturated carbocycles. The SMILES string of the molecule is CN/C(=C\C=N)c1cccc(OCCOc2ccc(F)cc2C#N)c1. The molecule has 2 aromatic rings. The van der Waals surface area contributed by atoms with E-state index in [0.717, 1.165) is 17.3 Å². The van der Waals surface area contributed by atoms with Crippen molar-refractivity contribution in [3.63, 3.8) is 0 Å². The van der Waals surface area contributed by atoms with Crippen LogP contribution in [0.1, 0.15) is 11.1 Å². The van der Waals surface area contributed by atoms with Crippen molar-refractivity contribution < 1.29 is 13.9 Å². The van der Waals surface area contributed by atoms with Gasteiger partial charge in [0.25, 0.3) is 0 Å². The molecule has 128 valence electrons. The first-order valence-corrected chi connectivity index (χ1v) is 7.62. The Hall–Kier alpha value is -3.33. The lowest BCUT2D eigenvalue weighted by molar-refractivity contribution is 0.216. The summed E-state index contributed by atoms with van der Waals surface area (Å²) in [4.78, 5) is 0. The maximum Gasteiger partial charge on any atom is 0.137 e. The Balaban J connectivity index is 1.94. The Morgan fingerprint density at radius 2 is 2.04 bits per heavy atom. The van der Waals surface area contributed by atoms with Crippen LogP contribution in [0.4, 0.5) is 4.39 Å². The summed E-state index contributed by atoms with van der Waals surface area (Å²) in [6.07, 6.45) is 2.86. The van der Waals surface area contributed by atoms with Crippen molar-refractivity contribution in [3.05, 3.63) is 65.5 Å². The van der Waals surface area contributed by atoms with Crippen molar-refractivity contribution in [2.24, 2.45) is 0 Å². The largest absolute Gasteiger partial charge is 0.490 e. The molecular weight excluding hydrogens is 321 g/mol. The monoisotopic (exact) mass is 339 g/mol. The van der Waals surface area contributed by atoms with E-state index in [1.165, 1.54) is 18.3 Å². The normalized spacial score (nSPS) is 10.7. The van der Waals surface area contributed by atoms with Gasteiger partial charge in [-0.1, -0.05) is 12.1 Å². The van der Waals surface area contributed by atoms with Crippen LogP contribution in [0.15, 0.2) is 48.5 Å². The predicted octanol–water partition coefficient (Wildman–Crippen LogP) is 3.37. The van der Waals surface area contributed by atoms with E-state index in [-0.39, 0.29) is 18.8 Å². The van der Waals surface area contributed by atoms with E-state index < -0.39 is 5.82 Å². The average Bonchev–Trinajstić information content (AvgIpc) is 2.64. The Labute approximate surface area is 145 Å². The number of nitrogens with one attached hydrogen (secondary N) is 2. The minimum Gasteiger partial charge on any atom is -0.490 e. The van der Waals surface area contributed by atoms with E-state index >= 15 is 0 Å². The first kappa shape index (κ1) is 18.0. The number of allylic oxidation sites excluding steroid dienone is 1. The molecule has 0 aliphatic heterocycles.